The third-order valence-corrected chi connectivity index (χ3v) is 5.87. The fourth-order valence-corrected chi connectivity index (χ4v) is 3.82. The van der Waals surface area contributed by atoms with Gasteiger partial charge in [0.1, 0.15) is 0 Å². The number of rotatable bonds is 7. The van der Waals surface area contributed by atoms with Crippen molar-refractivity contribution in [2.45, 2.75) is 6.92 Å². The Balaban J connectivity index is 1.60. The molecule has 178 valence electrons. The van der Waals surface area contributed by atoms with Gasteiger partial charge in [0, 0.05) is 33.8 Å². The van der Waals surface area contributed by atoms with E-state index in [2.05, 4.69) is 46.7 Å². The number of hydrogen-bond acceptors (Lipinski definition) is 10. The molecule has 0 atom stereocenters. The standard InChI is InChI=1S/C22H23BrClN7O3/c1-13-3-4-16(11-17(13)24)26-20-27-21(29-22(28-20)31-5-7-34-8-6-31)30-25-12-14-9-15(23)10-18(33-2)19(14)32/h3-4,9-12,32H,5-8H2,1-2H3,(H2,26,27,28,29,30)/b25-12-. The van der Waals surface area contributed by atoms with Gasteiger partial charge in [-0.15, -0.1) is 0 Å². The molecule has 3 aromatic rings. The summed E-state index contributed by atoms with van der Waals surface area (Å²) in [4.78, 5) is 15.5. The molecule has 1 fully saturated rings. The van der Waals surface area contributed by atoms with Crippen molar-refractivity contribution in [3.63, 3.8) is 0 Å². The maximum atomic E-state index is 10.3. The van der Waals surface area contributed by atoms with Crippen molar-refractivity contribution >= 4 is 57.3 Å². The smallest absolute Gasteiger partial charge is 0.250 e. The van der Waals surface area contributed by atoms with Crippen molar-refractivity contribution in [2.24, 2.45) is 5.10 Å². The number of morpholine rings is 1. The molecule has 3 N–H and O–H groups in total. The number of hydrazone groups is 1. The Bertz CT molecular complexity index is 1210. The van der Waals surface area contributed by atoms with Gasteiger partial charge in [0.2, 0.25) is 17.8 Å². The Labute approximate surface area is 210 Å². The first-order chi connectivity index (χ1) is 16.4. The summed E-state index contributed by atoms with van der Waals surface area (Å²) in [6.45, 7) is 4.44. The van der Waals surface area contributed by atoms with Gasteiger partial charge >= 0.3 is 0 Å². The summed E-state index contributed by atoms with van der Waals surface area (Å²) >= 11 is 9.65. The van der Waals surface area contributed by atoms with Crippen LogP contribution < -0.4 is 20.4 Å². The van der Waals surface area contributed by atoms with Gasteiger partial charge in [0.05, 0.1) is 26.5 Å². The maximum Gasteiger partial charge on any atom is 0.250 e. The zero-order chi connectivity index (χ0) is 24.1. The number of anilines is 4. The third-order valence-electron chi connectivity index (χ3n) is 5.00. The number of nitrogens with zero attached hydrogens (tertiary/aromatic N) is 5. The number of ether oxygens (including phenoxy) is 2. The first-order valence-corrected chi connectivity index (χ1v) is 11.6. The Morgan fingerprint density at radius 1 is 1.18 bits per heavy atom. The highest BCUT2D eigenvalue weighted by Crippen LogP contribution is 2.32. The van der Waals surface area contributed by atoms with E-state index >= 15 is 0 Å². The second-order valence-corrected chi connectivity index (χ2v) is 8.71. The van der Waals surface area contributed by atoms with Gasteiger partial charge in [-0.3, -0.25) is 0 Å². The quantitative estimate of drug-likeness (QED) is 0.293. The van der Waals surface area contributed by atoms with Gasteiger partial charge < -0.3 is 24.8 Å². The summed E-state index contributed by atoms with van der Waals surface area (Å²) in [5.74, 6) is 1.35. The lowest BCUT2D eigenvalue weighted by Gasteiger charge is -2.27. The molecule has 1 aromatic heterocycles. The number of benzene rings is 2. The molecule has 0 radical (unpaired) electrons. The molecule has 2 heterocycles. The van der Waals surface area contributed by atoms with E-state index in [1.165, 1.54) is 13.3 Å². The van der Waals surface area contributed by atoms with Crippen molar-refractivity contribution in [3.8, 4) is 11.5 Å². The topological polar surface area (TPSA) is 117 Å². The maximum absolute atomic E-state index is 10.3. The lowest BCUT2D eigenvalue weighted by molar-refractivity contribution is 0.122. The first-order valence-electron chi connectivity index (χ1n) is 10.4. The number of phenols is 1. The Kier molecular flexibility index (Phi) is 7.66. The molecule has 12 heteroatoms. The number of phenolic OH excluding ortho intramolecular Hbond substituents is 1. The number of aromatic hydroxyl groups is 1. The second kappa shape index (κ2) is 10.9. The van der Waals surface area contributed by atoms with Gasteiger partial charge in [0.15, 0.2) is 11.5 Å². The number of aryl methyl sites for hydroxylation is 1. The third kappa shape index (κ3) is 5.85. The molecule has 10 nitrogen and oxygen atoms in total. The molecule has 0 unspecified atom stereocenters. The van der Waals surface area contributed by atoms with Gasteiger partial charge in [0.25, 0.3) is 0 Å². The summed E-state index contributed by atoms with van der Waals surface area (Å²) in [6.07, 6.45) is 1.45. The van der Waals surface area contributed by atoms with Crippen LogP contribution in [0.5, 0.6) is 11.5 Å². The summed E-state index contributed by atoms with van der Waals surface area (Å²) in [5, 5.41) is 18.3. The monoisotopic (exact) mass is 547 g/mol. The van der Waals surface area contributed by atoms with Gasteiger partial charge in [-0.1, -0.05) is 33.6 Å². The minimum absolute atomic E-state index is 0.0282. The van der Waals surface area contributed by atoms with Crippen LogP contribution in [-0.4, -0.2) is 59.7 Å². The van der Waals surface area contributed by atoms with Crippen molar-refractivity contribution in [3.05, 3.63) is 51.0 Å². The van der Waals surface area contributed by atoms with Gasteiger partial charge in [-0.05, 0) is 36.8 Å². The summed E-state index contributed by atoms with van der Waals surface area (Å²) < 4.78 is 11.3. The Morgan fingerprint density at radius 2 is 1.94 bits per heavy atom. The number of hydrogen-bond donors (Lipinski definition) is 3. The molecular formula is C22H23BrClN7O3. The highest BCUT2D eigenvalue weighted by molar-refractivity contribution is 9.10. The van der Waals surface area contributed by atoms with E-state index in [-0.39, 0.29) is 11.7 Å². The van der Waals surface area contributed by atoms with Crippen LogP contribution in [0.3, 0.4) is 0 Å². The van der Waals surface area contributed by atoms with E-state index < -0.39 is 0 Å². The molecule has 0 bridgehead atoms. The normalized spacial score (nSPS) is 13.8. The van der Waals surface area contributed by atoms with Crippen molar-refractivity contribution in [1.82, 2.24) is 15.0 Å². The molecule has 0 saturated carbocycles. The molecule has 1 aliphatic rings. The molecule has 2 aromatic carbocycles. The van der Waals surface area contributed by atoms with Crippen LogP contribution in [-0.2, 0) is 4.74 Å². The number of nitrogens with one attached hydrogen (secondary N) is 2. The minimum Gasteiger partial charge on any atom is -0.504 e. The Hall–Kier alpha value is -3.15. The second-order valence-electron chi connectivity index (χ2n) is 7.39. The van der Waals surface area contributed by atoms with Crippen molar-refractivity contribution in [1.29, 1.82) is 0 Å². The molecule has 4 rings (SSSR count). The van der Waals surface area contributed by atoms with Crippen LogP contribution in [0.25, 0.3) is 0 Å². The van der Waals surface area contributed by atoms with Crippen LogP contribution in [0.2, 0.25) is 5.02 Å². The highest BCUT2D eigenvalue weighted by atomic mass is 79.9. The fraction of sp³-hybridized carbons (Fsp3) is 0.273. The summed E-state index contributed by atoms with van der Waals surface area (Å²) in [6, 6.07) is 8.99. The van der Waals surface area contributed by atoms with Crippen LogP contribution >= 0.6 is 27.5 Å². The highest BCUT2D eigenvalue weighted by Gasteiger charge is 2.17. The number of halogens is 2. The molecule has 1 aliphatic heterocycles. The minimum atomic E-state index is -0.0282. The predicted octanol–water partition coefficient (Wildman–Crippen LogP) is 4.34. The zero-order valence-corrected chi connectivity index (χ0v) is 20.9. The van der Waals surface area contributed by atoms with Crippen LogP contribution in [0.4, 0.5) is 23.5 Å². The molecule has 1 saturated heterocycles. The molecule has 34 heavy (non-hydrogen) atoms. The average Bonchev–Trinajstić information content (AvgIpc) is 2.84. The lowest BCUT2D eigenvalue weighted by Crippen LogP contribution is -2.37. The van der Waals surface area contributed by atoms with Crippen molar-refractivity contribution in [2.75, 3.05) is 49.1 Å². The largest absolute Gasteiger partial charge is 0.504 e. The number of methoxy groups -OCH3 is 1. The SMILES string of the molecule is COc1cc(Br)cc(/C=N\Nc2nc(Nc3ccc(C)c(Cl)c3)nc(N3CCOCC3)n2)c1O. The molecular weight excluding hydrogens is 526 g/mol. The summed E-state index contributed by atoms with van der Waals surface area (Å²) in [5.41, 5.74) is 4.99. The van der Waals surface area contributed by atoms with Crippen LogP contribution in [0, 0.1) is 6.92 Å². The van der Waals surface area contributed by atoms with E-state index in [4.69, 9.17) is 21.1 Å². The van der Waals surface area contributed by atoms with Gasteiger partial charge in [-0.2, -0.15) is 20.1 Å². The van der Waals surface area contributed by atoms with E-state index in [0.29, 0.717) is 54.5 Å². The van der Waals surface area contributed by atoms with Crippen LogP contribution in [0.1, 0.15) is 11.1 Å². The fourth-order valence-electron chi connectivity index (χ4n) is 3.18. The van der Waals surface area contributed by atoms with E-state index in [0.717, 1.165) is 15.7 Å². The predicted molar refractivity (Wildman–Crippen MR) is 136 cm³/mol. The zero-order valence-electron chi connectivity index (χ0n) is 18.5. The summed E-state index contributed by atoms with van der Waals surface area (Å²) in [7, 11) is 1.48. The van der Waals surface area contributed by atoms with Crippen molar-refractivity contribution < 1.29 is 14.6 Å². The van der Waals surface area contributed by atoms with Crippen LogP contribution in [0.15, 0.2) is 39.9 Å². The number of aromatic nitrogens is 3. The average molecular weight is 549 g/mol. The Morgan fingerprint density at radius 3 is 2.68 bits per heavy atom. The molecule has 0 amide bonds. The van der Waals surface area contributed by atoms with E-state index in [1.54, 1.807) is 12.1 Å². The molecule has 0 aliphatic carbocycles. The lowest BCUT2D eigenvalue weighted by atomic mass is 10.2. The van der Waals surface area contributed by atoms with E-state index in [1.807, 2.05) is 30.0 Å². The first kappa shape index (κ1) is 24.0. The van der Waals surface area contributed by atoms with E-state index in [9.17, 15) is 5.11 Å². The van der Waals surface area contributed by atoms with Gasteiger partial charge in [-0.25, -0.2) is 5.43 Å². The molecule has 0 spiro atoms.